The molecule has 1 aliphatic rings. The summed E-state index contributed by atoms with van der Waals surface area (Å²) in [6.45, 7) is 0. The van der Waals surface area contributed by atoms with Gasteiger partial charge in [0.25, 0.3) is 0 Å². The Labute approximate surface area is 88.5 Å². The molecule has 1 aromatic carbocycles. The molecule has 0 unspecified atom stereocenters. The number of benzene rings is 1. The van der Waals surface area contributed by atoms with Gasteiger partial charge in [0.05, 0.1) is 0 Å². The number of amides is 1. The molecule has 0 bridgehead atoms. The van der Waals surface area contributed by atoms with Crippen molar-refractivity contribution in [1.82, 2.24) is 0 Å². The minimum atomic E-state index is 0.0787. The average Bonchev–Trinajstić information content (AvgIpc) is 2.25. The lowest BCUT2D eigenvalue weighted by atomic mass is 9.99. The number of hydrogen-bond donors (Lipinski definition) is 1. The van der Waals surface area contributed by atoms with Crippen LogP contribution in [0.4, 0.5) is 5.69 Å². The highest BCUT2D eigenvalue weighted by molar-refractivity contribution is 5.93. The van der Waals surface area contributed by atoms with E-state index in [2.05, 4.69) is 5.32 Å². The molecule has 0 saturated carbocycles. The van der Waals surface area contributed by atoms with E-state index in [0.29, 0.717) is 12.8 Å². The van der Waals surface area contributed by atoms with E-state index >= 15 is 0 Å². The van der Waals surface area contributed by atoms with Crippen molar-refractivity contribution in [1.29, 1.82) is 0 Å². The zero-order chi connectivity index (χ0) is 10.7. The maximum Gasteiger partial charge on any atom is 0.224 e. The third kappa shape index (κ3) is 2.24. The summed E-state index contributed by atoms with van der Waals surface area (Å²) in [6, 6.07) is 6.03. The standard InChI is InChI=1S/C12H13NO2/c14-7-1-2-9-3-4-10-5-6-12(15)13-11(10)8-9/h3-4,7-8H,1-2,5-6H2,(H,13,15). The highest BCUT2D eigenvalue weighted by Gasteiger charge is 2.14. The normalized spacial score (nSPS) is 14.3. The van der Waals surface area contributed by atoms with Crippen LogP contribution in [0.15, 0.2) is 18.2 Å². The number of aldehydes is 1. The predicted molar refractivity (Wildman–Crippen MR) is 57.8 cm³/mol. The summed E-state index contributed by atoms with van der Waals surface area (Å²) in [7, 11) is 0. The molecular formula is C12H13NO2. The van der Waals surface area contributed by atoms with E-state index in [9.17, 15) is 9.59 Å². The quantitative estimate of drug-likeness (QED) is 0.760. The highest BCUT2D eigenvalue weighted by atomic mass is 16.1. The smallest absolute Gasteiger partial charge is 0.224 e. The topological polar surface area (TPSA) is 46.2 Å². The second-order valence-corrected chi connectivity index (χ2v) is 3.75. The zero-order valence-electron chi connectivity index (χ0n) is 8.45. The van der Waals surface area contributed by atoms with Crippen LogP contribution < -0.4 is 5.32 Å². The van der Waals surface area contributed by atoms with Crippen molar-refractivity contribution in [2.24, 2.45) is 0 Å². The molecule has 0 atom stereocenters. The van der Waals surface area contributed by atoms with Gasteiger partial charge in [0.2, 0.25) is 5.91 Å². The first kappa shape index (κ1) is 9.90. The Hall–Kier alpha value is -1.64. The Balaban J connectivity index is 2.20. The second kappa shape index (κ2) is 4.26. The lowest BCUT2D eigenvalue weighted by molar-refractivity contribution is -0.116. The van der Waals surface area contributed by atoms with Gasteiger partial charge in [-0.25, -0.2) is 0 Å². The van der Waals surface area contributed by atoms with Gasteiger partial charge in [0.15, 0.2) is 0 Å². The molecule has 15 heavy (non-hydrogen) atoms. The van der Waals surface area contributed by atoms with Crippen molar-refractivity contribution >= 4 is 17.9 Å². The van der Waals surface area contributed by atoms with E-state index in [4.69, 9.17) is 0 Å². The molecule has 78 valence electrons. The summed E-state index contributed by atoms with van der Waals surface area (Å²) in [6.07, 6.45) is 3.58. The van der Waals surface area contributed by atoms with Gasteiger partial charge in [-0.05, 0) is 30.0 Å². The number of fused-ring (bicyclic) bond motifs is 1. The average molecular weight is 203 g/mol. The van der Waals surface area contributed by atoms with E-state index in [1.807, 2.05) is 18.2 Å². The number of aryl methyl sites for hydroxylation is 2. The number of rotatable bonds is 3. The molecule has 3 nitrogen and oxygen atoms in total. The fourth-order valence-corrected chi connectivity index (χ4v) is 1.80. The molecule has 1 aliphatic heterocycles. The number of anilines is 1. The van der Waals surface area contributed by atoms with Crippen LogP contribution in [0.3, 0.4) is 0 Å². The Morgan fingerprint density at radius 2 is 2.20 bits per heavy atom. The molecule has 0 spiro atoms. The Morgan fingerprint density at radius 3 is 3.00 bits per heavy atom. The summed E-state index contributed by atoms with van der Waals surface area (Å²) in [5.74, 6) is 0.0787. The van der Waals surface area contributed by atoms with Crippen molar-refractivity contribution in [3.63, 3.8) is 0 Å². The molecule has 0 aromatic heterocycles. The molecule has 1 N–H and O–H groups in total. The van der Waals surface area contributed by atoms with Crippen LogP contribution >= 0.6 is 0 Å². The van der Waals surface area contributed by atoms with Crippen molar-refractivity contribution in [2.75, 3.05) is 5.32 Å². The van der Waals surface area contributed by atoms with Crippen LogP contribution in [0.5, 0.6) is 0 Å². The monoisotopic (exact) mass is 203 g/mol. The first-order valence-electron chi connectivity index (χ1n) is 5.15. The van der Waals surface area contributed by atoms with Gasteiger partial charge in [0, 0.05) is 18.5 Å². The third-order valence-electron chi connectivity index (χ3n) is 2.62. The SMILES string of the molecule is O=CCCc1ccc2c(c1)NC(=O)CC2. The van der Waals surface area contributed by atoms with Gasteiger partial charge in [0.1, 0.15) is 6.29 Å². The van der Waals surface area contributed by atoms with Crippen molar-refractivity contribution in [3.05, 3.63) is 29.3 Å². The molecule has 3 heteroatoms. The summed E-state index contributed by atoms with van der Waals surface area (Å²) < 4.78 is 0. The molecule has 0 saturated heterocycles. The van der Waals surface area contributed by atoms with Crippen molar-refractivity contribution < 1.29 is 9.59 Å². The fraction of sp³-hybridized carbons (Fsp3) is 0.333. The van der Waals surface area contributed by atoms with Crippen LogP contribution in [0.25, 0.3) is 0 Å². The van der Waals surface area contributed by atoms with Crippen molar-refractivity contribution in [2.45, 2.75) is 25.7 Å². The number of hydrogen-bond acceptors (Lipinski definition) is 2. The maximum atomic E-state index is 11.2. The molecule has 0 radical (unpaired) electrons. The van der Waals surface area contributed by atoms with E-state index in [1.54, 1.807) is 0 Å². The van der Waals surface area contributed by atoms with Crippen LogP contribution in [0.1, 0.15) is 24.0 Å². The molecule has 1 aromatic rings. The minimum absolute atomic E-state index is 0.0787. The Morgan fingerprint density at radius 1 is 1.33 bits per heavy atom. The second-order valence-electron chi connectivity index (χ2n) is 3.75. The number of carbonyl (C=O) groups is 2. The van der Waals surface area contributed by atoms with Crippen LogP contribution in [-0.2, 0) is 22.4 Å². The van der Waals surface area contributed by atoms with Gasteiger partial charge >= 0.3 is 0 Å². The predicted octanol–water partition coefficient (Wildman–Crippen LogP) is 1.70. The third-order valence-corrected chi connectivity index (χ3v) is 2.62. The summed E-state index contributed by atoms with van der Waals surface area (Å²) in [5.41, 5.74) is 3.20. The molecule has 1 heterocycles. The molecule has 0 fully saturated rings. The molecular weight excluding hydrogens is 190 g/mol. The van der Waals surface area contributed by atoms with Gasteiger partial charge < -0.3 is 10.1 Å². The Kier molecular flexibility index (Phi) is 2.81. The Bertz CT molecular complexity index is 399. The summed E-state index contributed by atoms with van der Waals surface area (Å²) >= 11 is 0. The van der Waals surface area contributed by atoms with Gasteiger partial charge in [-0.2, -0.15) is 0 Å². The molecule has 1 amide bonds. The lowest BCUT2D eigenvalue weighted by Gasteiger charge is -2.17. The molecule has 2 rings (SSSR count). The van der Waals surface area contributed by atoms with E-state index in [1.165, 1.54) is 5.56 Å². The highest BCUT2D eigenvalue weighted by Crippen LogP contribution is 2.23. The lowest BCUT2D eigenvalue weighted by Crippen LogP contribution is -2.19. The summed E-state index contributed by atoms with van der Waals surface area (Å²) in [5, 5.41) is 2.85. The van der Waals surface area contributed by atoms with Gasteiger partial charge in [-0.15, -0.1) is 0 Å². The largest absolute Gasteiger partial charge is 0.326 e. The number of nitrogens with one attached hydrogen (secondary N) is 1. The maximum absolute atomic E-state index is 11.2. The number of carbonyl (C=O) groups excluding carboxylic acids is 2. The van der Waals surface area contributed by atoms with Crippen molar-refractivity contribution in [3.8, 4) is 0 Å². The minimum Gasteiger partial charge on any atom is -0.326 e. The zero-order valence-corrected chi connectivity index (χ0v) is 8.45. The van der Waals surface area contributed by atoms with Crippen LogP contribution in [0, 0.1) is 0 Å². The van der Waals surface area contributed by atoms with E-state index in [-0.39, 0.29) is 5.91 Å². The van der Waals surface area contributed by atoms with Crippen LogP contribution in [0.2, 0.25) is 0 Å². The van der Waals surface area contributed by atoms with Crippen LogP contribution in [-0.4, -0.2) is 12.2 Å². The summed E-state index contributed by atoms with van der Waals surface area (Å²) in [4.78, 5) is 21.4. The van der Waals surface area contributed by atoms with Gasteiger partial charge in [-0.1, -0.05) is 12.1 Å². The molecule has 0 aliphatic carbocycles. The van der Waals surface area contributed by atoms with Gasteiger partial charge in [-0.3, -0.25) is 4.79 Å². The van der Waals surface area contributed by atoms with E-state index in [0.717, 1.165) is 30.4 Å². The first-order chi connectivity index (χ1) is 7.29. The fourth-order valence-electron chi connectivity index (χ4n) is 1.80. The first-order valence-corrected chi connectivity index (χ1v) is 5.15. The van der Waals surface area contributed by atoms with E-state index < -0.39 is 0 Å².